The highest BCUT2D eigenvalue weighted by atomic mass is 32.1. The Bertz CT molecular complexity index is 1320. The summed E-state index contributed by atoms with van der Waals surface area (Å²) in [7, 11) is 0. The minimum absolute atomic E-state index is 0.00880. The van der Waals surface area contributed by atoms with Gasteiger partial charge in [0.05, 0.1) is 0 Å². The fraction of sp³-hybridized carbons (Fsp3) is 0.481. The molecule has 2 saturated heterocycles. The summed E-state index contributed by atoms with van der Waals surface area (Å²) in [5, 5.41) is 8.45. The molecule has 9 heteroatoms. The topological polar surface area (TPSA) is 84.3 Å². The average molecular weight is 507 g/mol. The van der Waals surface area contributed by atoms with Gasteiger partial charge in [-0.05, 0) is 69.4 Å². The first-order chi connectivity index (χ1) is 17.4. The summed E-state index contributed by atoms with van der Waals surface area (Å²) in [6, 6.07) is 10.5. The van der Waals surface area contributed by atoms with E-state index in [1.54, 1.807) is 0 Å². The Morgan fingerprint density at radius 2 is 1.94 bits per heavy atom. The van der Waals surface area contributed by atoms with Gasteiger partial charge in [0.1, 0.15) is 5.65 Å². The molecule has 0 radical (unpaired) electrons. The predicted molar refractivity (Wildman–Crippen MR) is 148 cm³/mol. The number of fused-ring (bicyclic) bond motifs is 1. The largest absolute Gasteiger partial charge is 0.381 e. The Morgan fingerprint density at radius 3 is 2.69 bits per heavy atom. The Morgan fingerprint density at radius 1 is 1.17 bits per heavy atom. The van der Waals surface area contributed by atoms with Crippen molar-refractivity contribution in [3.8, 4) is 11.1 Å². The van der Waals surface area contributed by atoms with E-state index in [4.69, 9.17) is 21.9 Å². The van der Waals surface area contributed by atoms with Gasteiger partial charge in [-0.1, -0.05) is 24.3 Å². The first-order valence-corrected chi connectivity index (χ1v) is 13.2. The van der Waals surface area contributed by atoms with Gasteiger partial charge in [-0.2, -0.15) is 4.98 Å². The number of nitrogens with zero attached hydrogens (tertiary/aromatic N) is 4. The fourth-order valence-corrected chi connectivity index (χ4v) is 5.52. The van der Waals surface area contributed by atoms with E-state index in [2.05, 4.69) is 34.4 Å². The van der Waals surface area contributed by atoms with Gasteiger partial charge in [-0.15, -0.1) is 0 Å². The molecule has 2 aromatic heterocycles. The van der Waals surface area contributed by atoms with Crippen molar-refractivity contribution in [2.45, 2.75) is 58.2 Å². The van der Waals surface area contributed by atoms with E-state index < -0.39 is 0 Å². The number of nitrogens with one attached hydrogen (secondary N) is 2. The summed E-state index contributed by atoms with van der Waals surface area (Å²) >= 11 is 5.54. The van der Waals surface area contributed by atoms with Gasteiger partial charge in [-0.25, -0.2) is 4.98 Å². The van der Waals surface area contributed by atoms with E-state index in [0.29, 0.717) is 36.4 Å². The Labute approximate surface area is 217 Å². The summed E-state index contributed by atoms with van der Waals surface area (Å²) in [4.78, 5) is 25.6. The van der Waals surface area contributed by atoms with Gasteiger partial charge in [0.15, 0.2) is 5.11 Å². The van der Waals surface area contributed by atoms with Crippen LogP contribution in [0, 0.1) is 6.92 Å². The maximum absolute atomic E-state index is 13.9. The Kier molecular flexibility index (Phi) is 7.20. The lowest BCUT2D eigenvalue weighted by atomic mass is 10.00. The maximum Gasteiger partial charge on any atom is 0.260 e. The summed E-state index contributed by atoms with van der Waals surface area (Å²) in [6.07, 6.45) is 4.35. The van der Waals surface area contributed by atoms with Crippen LogP contribution in [0.3, 0.4) is 0 Å². The summed E-state index contributed by atoms with van der Waals surface area (Å²) in [6.45, 7) is 9.17. The van der Waals surface area contributed by atoms with E-state index >= 15 is 0 Å². The van der Waals surface area contributed by atoms with Crippen LogP contribution < -0.4 is 16.2 Å². The number of aryl methyl sites for hydroxylation is 1. The normalized spacial score (nSPS) is 18.7. The molecule has 0 saturated carbocycles. The molecule has 36 heavy (non-hydrogen) atoms. The standard InChI is InChI=1S/C27H34N6O2S/c1-17(2)29-27(36)32-11-8-20(16-32)30-26-28-15-19-14-23(22-7-5-4-6-18(22)3)25(34)33(24(19)31-26)21-9-12-35-13-10-21/h4-7,14-15,17,20-21H,8-13,16H2,1-3H3,(H,29,36)(H,28,30,31). The first-order valence-electron chi connectivity index (χ1n) is 12.8. The highest BCUT2D eigenvalue weighted by molar-refractivity contribution is 7.80. The quantitative estimate of drug-likeness (QED) is 0.505. The molecule has 1 unspecified atom stereocenters. The number of likely N-dealkylation sites (tertiary alicyclic amines) is 1. The van der Waals surface area contributed by atoms with Crippen molar-refractivity contribution in [2.24, 2.45) is 0 Å². The third kappa shape index (κ3) is 5.08. The van der Waals surface area contributed by atoms with Crippen molar-refractivity contribution in [1.29, 1.82) is 0 Å². The van der Waals surface area contributed by atoms with Gasteiger partial charge in [0.25, 0.3) is 5.56 Å². The number of thiocarbonyl (C=S) groups is 1. The van der Waals surface area contributed by atoms with Crippen molar-refractivity contribution < 1.29 is 4.74 Å². The van der Waals surface area contributed by atoms with Crippen molar-refractivity contribution in [2.75, 3.05) is 31.6 Å². The molecule has 3 aromatic rings. The third-order valence-corrected chi connectivity index (χ3v) is 7.36. The zero-order valence-corrected chi connectivity index (χ0v) is 22.0. The average Bonchev–Trinajstić information content (AvgIpc) is 3.33. The van der Waals surface area contributed by atoms with Crippen LogP contribution in [0.15, 0.2) is 41.3 Å². The second-order valence-corrected chi connectivity index (χ2v) is 10.4. The minimum Gasteiger partial charge on any atom is -0.381 e. The van der Waals surface area contributed by atoms with Crippen LogP contribution in [0.1, 0.15) is 44.7 Å². The third-order valence-electron chi connectivity index (χ3n) is 6.99. The second kappa shape index (κ2) is 10.5. The molecular weight excluding hydrogens is 472 g/mol. The molecule has 8 nitrogen and oxygen atoms in total. The number of pyridine rings is 1. The molecule has 1 atom stereocenters. The van der Waals surface area contributed by atoms with Gasteiger partial charge < -0.3 is 20.3 Å². The van der Waals surface area contributed by atoms with E-state index in [1.165, 1.54) is 0 Å². The second-order valence-electron chi connectivity index (χ2n) is 10.0. The molecule has 1 aromatic carbocycles. The van der Waals surface area contributed by atoms with Gasteiger partial charge >= 0.3 is 0 Å². The van der Waals surface area contributed by atoms with Crippen LogP contribution in [-0.2, 0) is 4.74 Å². The lowest BCUT2D eigenvalue weighted by Crippen LogP contribution is -2.42. The summed E-state index contributed by atoms with van der Waals surface area (Å²) in [5.41, 5.74) is 3.37. The number of hydrogen-bond donors (Lipinski definition) is 2. The number of anilines is 1. The molecular formula is C27H34N6O2S. The van der Waals surface area contributed by atoms with Crippen molar-refractivity contribution >= 4 is 34.3 Å². The number of benzene rings is 1. The number of ether oxygens (including phenoxy) is 1. The van der Waals surface area contributed by atoms with Crippen LogP contribution in [0.25, 0.3) is 22.2 Å². The monoisotopic (exact) mass is 506 g/mol. The van der Waals surface area contributed by atoms with Crippen LogP contribution in [0.4, 0.5) is 5.95 Å². The molecule has 0 bridgehead atoms. The molecule has 2 fully saturated rings. The number of hydrogen-bond acceptors (Lipinski definition) is 6. The van der Waals surface area contributed by atoms with Gasteiger partial charge in [0, 0.05) is 61.6 Å². The molecule has 2 N–H and O–H groups in total. The lowest BCUT2D eigenvalue weighted by molar-refractivity contribution is 0.0697. The molecule has 0 amide bonds. The van der Waals surface area contributed by atoms with Crippen LogP contribution in [-0.4, -0.2) is 62.9 Å². The molecule has 0 aliphatic carbocycles. The van der Waals surface area contributed by atoms with Crippen molar-refractivity contribution in [3.05, 3.63) is 52.4 Å². The van der Waals surface area contributed by atoms with Gasteiger partial charge in [0.2, 0.25) is 5.95 Å². The lowest BCUT2D eigenvalue weighted by Gasteiger charge is -2.26. The molecule has 2 aliphatic rings. The highest BCUT2D eigenvalue weighted by Crippen LogP contribution is 2.28. The Hall–Kier alpha value is -3.04. The van der Waals surface area contributed by atoms with E-state index in [1.807, 2.05) is 48.0 Å². The fourth-order valence-electron chi connectivity index (χ4n) is 5.12. The van der Waals surface area contributed by atoms with Crippen LogP contribution in [0.2, 0.25) is 0 Å². The summed E-state index contributed by atoms with van der Waals surface area (Å²) in [5.74, 6) is 0.543. The summed E-state index contributed by atoms with van der Waals surface area (Å²) < 4.78 is 7.48. The number of rotatable bonds is 5. The molecule has 190 valence electrons. The van der Waals surface area contributed by atoms with E-state index in [0.717, 1.165) is 54.0 Å². The molecule has 2 aliphatic heterocycles. The van der Waals surface area contributed by atoms with Gasteiger partial charge in [-0.3, -0.25) is 9.36 Å². The zero-order chi connectivity index (χ0) is 25.2. The number of aromatic nitrogens is 3. The smallest absolute Gasteiger partial charge is 0.260 e. The predicted octanol–water partition coefficient (Wildman–Crippen LogP) is 3.89. The minimum atomic E-state index is -0.00880. The van der Waals surface area contributed by atoms with Crippen molar-refractivity contribution in [3.63, 3.8) is 0 Å². The zero-order valence-electron chi connectivity index (χ0n) is 21.2. The first kappa shape index (κ1) is 24.6. The van der Waals surface area contributed by atoms with E-state index in [-0.39, 0.29) is 17.6 Å². The molecule has 0 spiro atoms. The SMILES string of the molecule is Cc1ccccc1-c1cc2cnc(NC3CCN(C(=S)NC(C)C)C3)nc2n(C2CCOCC2)c1=O. The van der Waals surface area contributed by atoms with E-state index in [9.17, 15) is 4.79 Å². The maximum atomic E-state index is 13.9. The highest BCUT2D eigenvalue weighted by Gasteiger charge is 2.26. The molecule has 4 heterocycles. The van der Waals surface area contributed by atoms with Crippen molar-refractivity contribution in [1.82, 2.24) is 24.8 Å². The van der Waals surface area contributed by atoms with Crippen LogP contribution in [0.5, 0.6) is 0 Å². The Balaban J connectivity index is 1.49. The van der Waals surface area contributed by atoms with Crippen LogP contribution >= 0.6 is 12.2 Å². The molecule has 5 rings (SSSR count).